The van der Waals surface area contributed by atoms with Crippen molar-refractivity contribution in [3.8, 4) is 5.75 Å². The number of hydrogen-bond acceptors (Lipinski definition) is 2. The number of methoxy groups -OCH3 is 1. The highest BCUT2D eigenvalue weighted by Gasteiger charge is 2.06. The molecule has 1 unspecified atom stereocenters. The summed E-state index contributed by atoms with van der Waals surface area (Å²) in [6, 6.07) is 15.9. The van der Waals surface area contributed by atoms with Crippen LogP contribution in [0.25, 0.3) is 6.08 Å². The second kappa shape index (κ2) is 8.53. The van der Waals surface area contributed by atoms with Crippen molar-refractivity contribution in [1.29, 1.82) is 0 Å². The van der Waals surface area contributed by atoms with Gasteiger partial charge in [-0.25, -0.2) is 0 Å². The quantitative estimate of drug-likeness (QED) is 0.769. The predicted molar refractivity (Wildman–Crippen MR) is 97.5 cm³/mol. The summed E-state index contributed by atoms with van der Waals surface area (Å²) in [6.45, 7) is 2.00. The molecule has 2 aromatic rings. The summed E-state index contributed by atoms with van der Waals surface area (Å²) in [4.78, 5) is 12.1. The van der Waals surface area contributed by atoms with Gasteiger partial charge in [-0.2, -0.15) is 0 Å². The molecule has 0 aliphatic heterocycles. The van der Waals surface area contributed by atoms with Crippen LogP contribution in [0, 0.1) is 0 Å². The average molecular weight is 374 g/mol. The van der Waals surface area contributed by atoms with Gasteiger partial charge in [0.1, 0.15) is 5.75 Å². The maximum absolute atomic E-state index is 12.1. The SMILES string of the molecule is COc1ccc(Br)cc1C=CC(=O)NC(C)Cc1ccccc1. The van der Waals surface area contributed by atoms with Crippen LogP contribution in [-0.4, -0.2) is 19.1 Å². The first-order valence-corrected chi connectivity index (χ1v) is 8.24. The highest BCUT2D eigenvalue weighted by atomic mass is 79.9. The highest BCUT2D eigenvalue weighted by molar-refractivity contribution is 9.10. The zero-order valence-corrected chi connectivity index (χ0v) is 14.8. The summed E-state index contributed by atoms with van der Waals surface area (Å²) < 4.78 is 6.23. The monoisotopic (exact) mass is 373 g/mol. The van der Waals surface area contributed by atoms with E-state index < -0.39 is 0 Å². The van der Waals surface area contributed by atoms with Crippen molar-refractivity contribution in [1.82, 2.24) is 5.32 Å². The van der Waals surface area contributed by atoms with Crippen LogP contribution in [0.2, 0.25) is 0 Å². The first-order valence-electron chi connectivity index (χ1n) is 7.44. The molecule has 1 atom stereocenters. The Morgan fingerprint density at radius 1 is 1.26 bits per heavy atom. The summed E-state index contributed by atoms with van der Waals surface area (Å²) in [5, 5.41) is 2.97. The largest absolute Gasteiger partial charge is 0.496 e. The summed E-state index contributed by atoms with van der Waals surface area (Å²) in [5.41, 5.74) is 2.06. The molecular formula is C19H20BrNO2. The summed E-state index contributed by atoms with van der Waals surface area (Å²) in [5.74, 6) is 0.616. The lowest BCUT2D eigenvalue weighted by Crippen LogP contribution is -2.32. The first-order chi connectivity index (χ1) is 11.1. The van der Waals surface area contributed by atoms with Crippen molar-refractivity contribution in [2.45, 2.75) is 19.4 Å². The van der Waals surface area contributed by atoms with E-state index in [2.05, 4.69) is 33.4 Å². The Morgan fingerprint density at radius 2 is 2.00 bits per heavy atom. The van der Waals surface area contributed by atoms with Crippen molar-refractivity contribution in [3.63, 3.8) is 0 Å². The average Bonchev–Trinajstić information content (AvgIpc) is 2.54. The molecule has 4 heteroatoms. The number of carbonyl (C=O) groups is 1. The van der Waals surface area contributed by atoms with Crippen molar-refractivity contribution >= 4 is 27.9 Å². The molecule has 120 valence electrons. The van der Waals surface area contributed by atoms with Crippen LogP contribution >= 0.6 is 15.9 Å². The van der Waals surface area contributed by atoms with Crippen molar-refractivity contribution in [2.24, 2.45) is 0 Å². The van der Waals surface area contributed by atoms with Gasteiger partial charge in [0.2, 0.25) is 5.91 Å². The fourth-order valence-corrected chi connectivity index (χ4v) is 2.69. The molecule has 0 aromatic heterocycles. The van der Waals surface area contributed by atoms with Gasteiger partial charge in [0.25, 0.3) is 0 Å². The minimum Gasteiger partial charge on any atom is -0.496 e. The molecule has 0 radical (unpaired) electrons. The molecule has 0 bridgehead atoms. The van der Waals surface area contributed by atoms with Crippen LogP contribution in [-0.2, 0) is 11.2 Å². The van der Waals surface area contributed by atoms with E-state index in [4.69, 9.17) is 4.74 Å². The van der Waals surface area contributed by atoms with Gasteiger partial charge in [-0.05, 0) is 43.2 Å². The fraction of sp³-hybridized carbons (Fsp3) is 0.211. The molecule has 23 heavy (non-hydrogen) atoms. The number of rotatable bonds is 6. The van der Waals surface area contributed by atoms with E-state index in [9.17, 15) is 4.79 Å². The third-order valence-corrected chi connectivity index (χ3v) is 3.87. The van der Waals surface area contributed by atoms with Gasteiger partial charge in [-0.15, -0.1) is 0 Å². The molecule has 0 saturated carbocycles. The zero-order valence-electron chi connectivity index (χ0n) is 13.3. The topological polar surface area (TPSA) is 38.3 Å². The number of nitrogens with one attached hydrogen (secondary N) is 1. The van der Waals surface area contributed by atoms with Gasteiger partial charge < -0.3 is 10.1 Å². The van der Waals surface area contributed by atoms with E-state index in [1.165, 1.54) is 11.6 Å². The molecular weight excluding hydrogens is 354 g/mol. The van der Waals surface area contributed by atoms with Crippen LogP contribution in [0.3, 0.4) is 0 Å². The zero-order chi connectivity index (χ0) is 16.7. The van der Waals surface area contributed by atoms with Gasteiger partial charge in [0, 0.05) is 22.2 Å². The molecule has 0 fully saturated rings. The maximum Gasteiger partial charge on any atom is 0.244 e. The van der Waals surface area contributed by atoms with Crippen molar-refractivity contribution in [3.05, 3.63) is 70.2 Å². The van der Waals surface area contributed by atoms with Gasteiger partial charge in [-0.3, -0.25) is 4.79 Å². The first kappa shape index (κ1) is 17.3. The smallest absolute Gasteiger partial charge is 0.244 e. The van der Waals surface area contributed by atoms with Gasteiger partial charge in [-0.1, -0.05) is 46.3 Å². The maximum atomic E-state index is 12.1. The predicted octanol–water partition coefficient (Wildman–Crippen LogP) is 4.22. The molecule has 2 rings (SSSR count). The molecule has 1 amide bonds. The number of halogens is 1. The Bertz CT molecular complexity index is 683. The summed E-state index contributed by atoms with van der Waals surface area (Å²) in [6.07, 6.45) is 4.10. The molecule has 1 N–H and O–H groups in total. The number of benzene rings is 2. The van der Waals surface area contributed by atoms with Gasteiger partial charge in [0.15, 0.2) is 0 Å². The minimum absolute atomic E-state index is 0.0685. The molecule has 3 nitrogen and oxygen atoms in total. The minimum atomic E-state index is -0.115. The number of carbonyl (C=O) groups excluding carboxylic acids is 1. The van der Waals surface area contributed by atoms with Crippen LogP contribution in [0.15, 0.2) is 59.1 Å². The second-order valence-electron chi connectivity index (χ2n) is 5.32. The molecule has 0 heterocycles. The number of amides is 1. The van der Waals surface area contributed by atoms with Crippen molar-refractivity contribution in [2.75, 3.05) is 7.11 Å². The molecule has 0 saturated heterocycles. The van der Waals surface area contributed by atoms with E-state index in [0.717, 1.165) is 22.2 Å². The Labute approximate surface area is 145 Å². The lowest BCUT2D eigenvalue weighted by Gasteiger charge is -2.12. The third-order valence-electron chi connectivity index (χ3n) is 3.38. The Kier molecular flexibility index (Phi) is 6.41. The lowest BCUT2D eigenvalue weighted by atomic mass is 10.1. The molecule has 0 aliphatic rings. The van der Waals surface area contributed by atoms with Crippen molar-refractivity contribution < 1.29 is 9.53 Å². The van der Waals surface area contributed by atoms with E-state index in [1.807, 2.05) is 43.3 Å². The number of hydrogen-bond donors (Lipinski definition) is 1. The third kappa shape index (κ3) is 5.57. The Hall–Kier alpha value is -2.07. The summed E-state index contributed by atoms with van der Waals surface area (Å²) in [7, 11) is 1.61. The van der Waals surface area contributed by atoms with Crippen LogP contribution in [0.5, 0.6) is 5.75 Å². The number of ether oxygens (including phenoxy) is 1. The van der Waals surface area contributed by atoms with Crippen LogP contribution < -0.4 is 10.1 Å². The van der Waals surface area contributed by atoms with E-state index in [-0.39, 0.29) is 11.9 Å². The van der Waals surface area contributed by atoms with E-state index in [1.54, 1.807) is 13.2 Å². The standard InChI is InChI=1S/C19H20BrNO2/c1-14(12-15-6-4-3-5-7-15)21-19(22)11-8-16-13-17(20)9-10-18(16)23-2/h3-11,13-14H,12H2,1-2H3,(H,21,22). The second-order valence-corrected chi connectivity index (χ2v) is 6.23. The Morgan fingerprint density at radius 3 is 2.70 bits per heavy atom. The fourth-order valence-electron chi connectivity index (χ4n) is 2.31. The van der Waals surface area contributed by atoms with E-state index >= 15 is 0 Å². The lowest BCUT2D eigenvalue weighted by molar-refractivity contribution is -0.117. The normalized spacial score (nSPS) is 12.1. The van der Waals surface area contributed by atoms with Crippen LogP contribution in [0.4, 0.5) is 0 Å². The molecule has 0 spiro atoms. The molecule has 0 aliphatic carbocycles. The van der Waals surface area contributed by atoms with Gasteiger partial charge >= 0.3 is 0 Å². The highest BCUT2D eigenvalue weighted by Crippen LogP contribution is 2.24. The van der Waals surface area contributed by atoms with E-state index in [0.29, 0.717) is 0 Å². The molecule has 2 aromatic carbocycles. The van der Waals surface area contributed by atoms with Gasteiger partial charge in [0.05, 0.1) is 7.11 Å². The summed E-state index contributed by atoms with van der Waals surface area (Å²) >= 11 is 3.42. The Balaban J connectivity index is 1.95. The van der Waals surface area contributed by atoms with Crippen LogP contribution in [0.1, 0.15) is 18.1 Å².